The highest BCUT2D eigenvalue weighted by molar-refractivity contribution is 5.99. The lowest BCUT2D eigenvalue weighted by atomic mass is 10.0. The fourth-order valence-electron chi connectivity index (χ4n) is 2.67. The van der Waals surface area contributed by atoms with Crippen molar-refractivity contribution >= 4 is 22.9 Å². The van der Waals surface area contributed by atoms with Crippen LogP contribution in [0.15, 0.2) is 24.5 Å². The van der Waals surface area contributed by atoms with Gasteiger partial charge in [0.1, 0.15) is 6.04 Å². The average Bonchev–Trinajstić information content (AvgIpc) is 2.93. The third kappa shape index (κ3) is 2.13. The van der Waals surface area contributed by atoms with Gasteiger partial charge >= 0.3 is 5.97 Å². The fraction of sp³-hybridized carbons (Fsp3) is 0.357. The van der Waals surface area contributed by atoms with E-state index in [4.69, 9.17) is 0 Å². The molecule has 0 spiro atoms. The Hall–Kier alpha value is -2.37. The molecule has 0 radical (unpaired) electrons. The molecule has 6 heteroatoms. The third-order valence-corrected chi connectivity index (χ3v) is 3.72. The van der Waals surface area contributed by atoms with Gasteiger partial charge in [-0.25, -0.2) is 9.78 Å². The van der Waals surface area contributed by atoms with Gasteiger partial charge in [0, 0.05) is 12.1 Å². The lowest BCUT2D eigenvalue weighted by Crippen LogP contribution is -2.47. The number of nitrogens with zero attached hydrogens (tertiary/aromatic N) is 2. The highest BCUT2D eigenvalue weighted by atomic mass is 16.4. The molecule has 2 heterocycles. The van der Waals surface area contributed by atoms with E-state index < -0.39 is 12.0 Å². The molecule has 6 nitrogen and oxygen atoms in total. The lowest BCUT2D eigenvalue weighted by Gasteiger charge is -2.33. The minimum absolute atomic E-state index is 0.228. The van der Waals surface area contributed by atoms with Crippen molar-refractivity contribution in [3.05, 3.63) is 30.1 Å². The van der Waals surface area contributed by atoms with Crippen molar-refractivity contribution in [2.45, 2.75) is 25.3 Å². The van der Waals surface area contributed by atoms with Crippen LogP contribution in [-0.4, -0.2) is 44.4 Å². The topological polar surface area (TPSA) is 86.3 Å². The molecule has 104 valence electrons. The minimum atomic E-state index is -0.930. The van der Waals surface area contributed by atoms with Crippen molar-refractivity contribution in [2.24, 2.45) is 0 Å². The predicted octanol–water partition coefficient (Wildman–Crippen LogP) is 1.64. The fourth-order valence-corrected chi connectivity index (χ4v) is 2.67. The van der Waals surface area contributed by atoms with Crippen LogP contribution in [0.3, 0.4) is 0 Å². The molecule has 1 aliphatic rings. The van der Waals surface area contributed by atoms with Gasteiger partial charge in [0.2, 0.25) is 0 Å². The molecule has 1 fully saturated rings. The first-order valence-electron chi connectivity index (χ1n) is 6.64. The van der Waals surface area contributed by atoms with Crippen molar-refractivity contribution in [3.63, 3.8) is 0 Å². The molecular formula is C14H15N3O3. The SMILES string of the molecule is O=C(O)[C@@H]1CCCCN1C(=O)c1ccc2nc[nH]c2c1. The summed E-state index contributed by atoms with van der Waals surface area (Å²) in [6.45, 7) is 0.497. The number of imidazole rings is 1. The number of rotatable bonds is 2. The number of likely N-dealkylation sites (tertiary alicyclic amines) is 1. The summed E-state index contributed by atoms with van der Waals surface area (Å²) in [6, 6.07) is 4.46. The Labute approximate surface area is 115 Å². The second-order valence-electron chi connectivity index (χ2n) is 4.98. The first kappa shape index (κ1) is 12.7. The highest BCUT2D eigenvalue weighted by Crippen LogP contribution is 2.21. The molecule has 0 unspecified atom stereocenters. The molecule has 0 aliphatic carbocycles. The van der Waals surface area contributed by atoms with Gasteiger partial charge in [-0.2, -0.15) is 0 Å². The molecule has 1 aromatic heterocycles. The zero-order valence-electron chi connectivity index (χ0n) is 10.9. The molecule has 1 aromatic carbocycles. The molecule has 0 saturated carbocycles. The molecular weight excluding hydrogens is 258 g/mol. The van der Waals surface area contributed by atoms with E-state index in [9.17, 15) is 14.7 Å². The normalized spacial score (nSPS) is 19.2. The maximum Gasteiger partial charge on any atom is 0.326 e. The Morgan fingerprint density at radius 1 is 1.35 bits per heavy atom. The zero-order valence-corrected chi connectivity index (χ0v) is 10.9. The minimum Gasteiger partial charge on any atom is -0.480 e. The Morgan fingerprint density at radius 2 is 2.20 bits per heavy atom. The van der Waals surface area contributed by atoms with E-state index in [2.05, 4.69) is 9.97 Å². The predicted molar refractivity (Wildman–Crippen MR) is 72.4 cm³/mol. The average molecular weight is 273 g/mol. The molecule has 0 bridgehead atoms. The van der Waals surface area contributed by atoms with E-state index in [0.717, 1.165) is 23.9 Å². The van der Waals surface area contributed by atoms with Crippen molar-refractivity contribution in [1.82, 2.24) is 14.9 Å². The van der Waals surface area contributed by atoms with Crippen LogP contribution in [0.25, 0.3) is 11.0 Å². The van der Waals surface area contributed by atoms with Crippen molar-refractivity contribution in [1.29, 1.82) is 0 Å². The number of carboxylic acid groups (broad SMARTS) is 1. The van der Waals surface area contributed by atoms with Crippen LogP contribution < -0.4 is 0 Å². The number of H-pyrrole nitrogens is 1. The van der Waals surface area contributed by atoms with Crippen molar-refractivity contribution in [3.8, 4) is 0 Å². The second-order valence-corrected chi connectivity index (χ2v) is 4.98. The summed E-state index contributed by atoms with van der Waals surface area (Å²) in [5.41, 5.74) is 2.06. The number of aromatic amines is 1. The molecule has 1 aliphatic heterocycles. The Morgan fingerprint density at radius 3 is 3.00 bits per heavy atom. The van der Waals surface area contributed by atoms with Gasteiger partial charge in [-0.1, -0.05) is 0 Å². The van der Waals surface area contributed by atoms with E-state index in [1.165, 1.54) is 4.90 Å². The monoisotopic (exact) mass is 273 g/mol. The van der Waals surface area contributed by atoms with Gasteiger partial charge in [0.15, 0.2) is 0 Å². The van der Waals surface area contributed by atoms with Gasteiger partial charge in [-0.05, 0) is 37.5 Å². The molecule has 1 saturated heterocycles. The van der Waals surface area contributed by atoms with E-state index in [1.807, 2.05) is 0 Å². The van der Waals surface area contributed by atoms with Crippen LogP contribution >= 0.6 is 0 Å². The summed E-state index contributed by atoms with van der Waals surface area (Å²) in [6.07, 6.45) is 3.79. The zero-order chi connectivity index (χ0) is 14.1. The van der Waals surface area contributed by atoms with Gasteiger partial charge in [0.05, 0.1) is 17.4 Å². The molecule has 2 N–H and O–H groups in total. The Balaban J connectivity index is 1.91. The quantitative estimate of drug-likeness (QED) is 0.871. The number of aromatic nitrogens is 2. The van der Waals surface area contributed by atoms with Crippen LogP contribution in [0.2, 0.25) is 0 Å². The summed E-state index contributed by atoms with van der Waals surface area (Å²) >= 11 is 0. The largest absolute Gasteiger partial charge is 0.480 e. The number of hydrogen-bond donors (Lipinski definition) is 2. The molecule has 3 rings (SSSR count). The van der Waals surface area contributed by atoms with Crippen molar-refractivity contribution in [2.75, 3.05) is 6.54 Å². The second kappa shape index (κ2) is 4.96. The highest BCUT2D eigenvalue weighted by Gasteiger charge is 2.32. The summed E-state index contributed by atoms with van der Waals surface area (Å²) in [5.74, 6) is -1.16. The van der Waals surface area contributed by atoms with Crippen molar-refractivity contribution < 1.29 is 14.7 Å². The number of hydrogen-bond acceptors (Lipinski definition) is 3. The molecule has 2 aromatic rings. The number of carbonyl (C=O) groups is 2. The van der Waals surface area contributed by atoms with Crippen LogP contribution in [0.4, 0.5) is 0 Å². The summed E-state index contributed by atoms with van der Waals surface area (Å²) in [7, 11) is 0. The number of aliphatic carboxylic acids is 1. The van der Waals surface area contributed by atoms with E-state index in [0.29, 0.717) is 18.5 Å². The van der Waals surface area contributed by atoms with Crippen LogP contribution in [-0.2, 0) is 4.79 Å². The molecule has 1 amide bonds. The first-order chi connectivity index (χ1) is 9.66. The standard InChI is InChI=1S/C14H15N3O3/c18-13(17-6-2-1-3-12(17)14(19)20)9-4-5-10-11(7-9)16-8-15-10/h4-5,7-8,12H,1-3,6H2,(H,15,16)(H,19,20)/t12-/m0/s1. The number of carbonyl (C=O) groups excluding carboxylic acids is 1. The Bertz CT molecular complexity index is 664. The maximum absolute atomic E-state index is 12.5. The maximum atomic E-state index is 12.5. The van der Waals surface area contributed by atoms with Gasteiger partial charge in [0.25, 0.3) is 5.91 Å². The van der Waals surface area contributed by atoms with Crippen LogP contribution in [0.1, 0.15) is 29.6 Å². The smallest absolute Gasteiger partial charge is 0.326 e. The first-order valence-corrected chi connectivity index (χ1v) is 6.64. The number of nitrogens with one attached hydrogen (secondary N) is 1. The van der Waals surface area contributed by atoms with Gasteiger partial charge < -0.3 is 15.0 Å². The van der Waals surface area contributed by atoms with E-state index >= 15 is 0 Å². The number of piperidine rings is 1. The summed E-state index contributed by atoms with van der Waals surface area (Å²) in [5, 5.41) is 9.23. The van der Waals surface area contributed by atoms with Gasteiger partial charge in [-0.15, -0.1) is 0 Å². The third-order valence-electron chi connectivity index (χ3n) is 3.72. The number of amides is 1. The Kier molecular flexibility index (Phi) is 3.14. The van der Waals surface area contributed by atoms with Crippen LogP contribution in [0.5, 0.6) is 0 Å². The van der Waals surface area contributed by atoms with Gasteiger partial charge in [-0.3, -0.25) is 4.79 Å². The number of fused-ring (bicyclic) bond motifs is 1. The number of carboxylic acids is 1. The van der Waals surface area contributed by atoms with Crippen LogP contribution in [0, 0.1) is 0 Å². The van der Waals surface area contributed by atoms with E-state index in [1.54, 1.807) is 24.5 Å². The number of benzene rings is 1. The van der Waals surface area contributed by atoms with E-state index in [-0.39, 0.29) is 5.91 Å². The molecule has 1 atom stereocenters. The lowest BCUT2D eigenvalue weighted by molar-refractivity contribution is -0.143. The molecule has 20 heavy (non-hydrogen) atoms. The summed E-state index contributed by atoms with van der Waals surface area (Å²) < 4.78 is 0. The summed E-state index contributed by atoms with van der Waals surface area (Å²) in [4.78, 5) is 32.3.